The Balaban J connectivity index is 1.69. The number of aryl methyl sites for hydroxylation is 1. The number of likely N-dealkylation sites (N-methyl/N-ethyl adjacent to an activating group) is 1. The number of anilines is 1. The summed E-state index contributed by atoms with van der Waals surface area (Å²) in [6, 6.07) is 20.2. The summed E-state index contributed by atoms with van der Waals surface area (Å²) in [7, 11) is -2.36. The van der Waals surface area contributed by atoms with Crippen LogP contribution < -0.4 is 10.0 Å². The lowest BCUT2D eigenvalue weighted by atomic mass is 10.1. The Morgan fingerprint density at radius 3 is 2.32 bits per heavy atom. The molecule has 178 valence electrons. The maximum atomic E-state index is 12.9. The van der Waals surface area contributed by atoms with Crippen molar-refractivity contribution in [2.45, 2.75) is 31.7 Å². The van der Waals surface area contributed by atoms with Crippen molar-refractivity contribution in [1.82, 2.24) is 9.62 Å². The van der Waals surface area contributed by atoms with Gasteiger partial charge in [-0.3, -0.25) is 9.59 Å². The summed E-state index contributed by atoms with van der Waals surface area (Å²) in [6.45, 7) is 5.45. The summed E-state index contributed by atoms with van der Waals surface area (Å²) in [6.07, 6.45) is 0. The molecular formula is C26H29N3O4S. The van der Waals surface area contributed by atoms with Crippen LogP contribution >= 0.6 is 0 Å². The molecule has 2 amide bonds. The third kappa shape index (κ3) is 6.09. The van der Waals surface area contributed by atoms with Crippen LogP contribution in [0.4, 0.5) is 5.69 Å². The van der Waals surface area contributed by atoms with Crippen molar-refractivity contribution in [3.05, 3.63) is 95.1 Å². The summed E-state index contributed by atoms with van der Waals surface area (Å²) in [5, 5.41) is 2.82. The van der Waals surface area contributed by atoms with Crippen LogP contribution in [-0.4, -0.2) is 38.7 Å². The molecule has 8 heteroatoms. The predicted octanol–water partition coefficient (Wildman–Crippen LogP) is 4.05. The zero-order chi connectivity index (χ0) is 24.9. The standard InChI is InChI=1S/C26H29N3O4S/c1-18-10-8-15-24(19(18)2)27-25(30)17-29(4)26(31)22-13-9-14-23(16-22)34(32,33)28-20(3)21-11-6-5-7-12-21/h5-16,20,28H,17H2,1-4H3,(H,27,30). The Bertz CT molecular complexity index is 1290. The molecule has 0 spiro atoms. The van der Waals surface area contributed by atoms with Crippen molar-refractivity contribution in [1.29, 1.82) is 0 Å². The summed E-state index contributed by atoms with van der Waals surface area (Å²) < 4.78 is 28.4. The molecule has 3 aromatic rings. The van der Waals surface area contributed by atoms with Crippen LogP contribution in [0.1, 0.15) is 40.0 Å². The van der Waals surface area contributed by atoms with Crippen molar-refractivity contribution in [3.8, 4) is 0 Å². The maximum Gasteiger partial charge on any atom is 0.254 e. The van der Waals surface area contributed by atoms with Crippen molar-refractivity contribution >= 4 is 27.5 Å². The van der Waals surface area contributed by atoms with Gasteiger partial charge in [-0.2, -0.15) is 0 Å². The number of nitrogens with zero attached hydrogens (tertiary/aromatic N) is 1. The van der Waals surface area contributed by atoms with E-state index in [1.807, 2.05) is 56.3 Å². The van der Waals surface area contributed by atoms with Crippen LogP contribution in [-0.2, 0) is 14.8 Å². The number of hydrogen-bond donors (Lipinski definition) is 2. The molecule has 0 aromatic heterocycles. The molecule has 0 bridgehead atoms. The van der Waals surface area contributed by atoms with Crippen LogP contribution in [0, 0.1) is 13.8 Å². The topological polar surface area (TPSA) is 95.6 Å². The van der Waals surface area contributed by atoms with Crippen LogP contribution in [0.25, 0.3) is 0 Å². The summed E-state index contributed by atoms with van der Waals surface area (Å²) >= 11 is 0. The fraction of sp³-hybridized carbons (Fsp3) is 0.231. The quantitative estimate of drug-likeness (QED) is 0.509. The lowest BCUT2D eigenvalue weighted by Crippen LogP contribution is -2.35. The second kappa shape index (κ2) is 10.6. The average Bonchev–Trinajstić information content (AvgIpc) is 2.82. The second-order valence-electron chi connectivity index (χ2n) is 8.24. The van der Waals surface area contributed by atoms with Crippen LogP contribution in [0.2, 0.25) is 0 Å². The van der Waals surface area contributed by atoms with E-state index in [0.29, 0.717) is 5.69 Å². The first kappa shape index (κ1) is 25.1. The van der Waals surface area contributed by atoms with Gasteiger partial charge in [-0.05, 0) is 61.7 Å². The van der Waals surface area contributed by atoms with Gasteiger partial charge >= 0.3 is 0 Å². The van der Waals surface area contributed by atoms with Gasteiger partial charge < -0.3 is 10.2 Å². The number of hydrogen-bond acceptors (Lipinski definition) is 4. The molecule has 3 rings (SSSR count). The van der Waals surface area contributed by atoms with E-state index < -0.39 is 22.0 Å². The summed E-state index contributed by atoms with van der Waals surface area (Å²) in [4.78, 5) is 26.6. The van der Waals surface area contributed by atoms with E-state index in [4.69, 9.17) is 0 Å². The monoisotopic (exact) mass is 479 g/mol. The Morgan fingerprint density at radius 2 is 1.62 bits per heavy atom. The Kier molecular flexibility index (Phi) is 7.86. The third-order valence-electron chi connectivity index (χ3n) is 5.63. The lowest BCUT2D eigenvalue weighted by Gasteiger charge is -2.19. The van der Waals surface area contributed by atoms with Crippen LogP contribution in [0.3, 0.4) is 0 Å². The molecule has 2 N–H and O–H groups in total. The van der Waals surface area contributed by atoms with Crippen molar-refractivity contribution in [3.63, 3.8) is 0 Å². The molecule has 7 nitrogen and oxygen atoms in total. The highest BCUT2D eigenvalue weighted by atomic mass is 32.2. The lowest BCUT2D eigenvalue weighted by molar-refractivity contribution is -0.116. The fourth-order valence-corrected chi connectivity index (χ4v) is 4.77. The number of sulfonamides is 1. The molecule has 0 saturated carbocycles. The molecule has 1 unspecified atom stereocenters. The highest BCUT2D eigenvalue weighted by Crippen LogP contribution is 2.19. The number of carbonyl (C=O) groups is 2. The van der Waals surface area contributed by atoms with E-state index >= 15 is 0 Å². The van der Waals surface area contributed by atoms with E-state index in [1.54, 1.807) is 13.0 Å². The van der Waals surface area contributed by atoms with Gasteiger partial charge in [-0.1, -0.05) is 48.5 Å². The molecule has 0 heterocycles. The SMILES string of the molecule is Cc1cccc(NC(=O)CN(C)C(=O)c2cccc(S(=O)(=O)NC(C)c3ccccc3)c2)c1C. The van der Waals surface area contributed by atoms with Crippen molar-refractivity contribution in [2.24, 2.45) is 0 Å². The summed E-state index contributed by atoms with van der Waals surface area (Å²) in [5.74, 6) is -0.795. The van der Waals surface area contributed by atoms with E-state index in [9.17, 15) is 18.0 Å². The van der Waals surface area contributed by atoms with Gasteiger partial charge in [-0.25, -0.2) is 13.1 Å². The minimum Gasteiger partial charge on any atom is -0.332 e. The first-order valence-corrected chi connectivity index (χ1v) is 12.4. The van der Waals surface area contributed by atoms with Gasteiger partial charge in [0.15, 0.2) is 0 Å². The van der Waals surface area contributed by atoms with E-state index in [-0.39, 0.29) is 22.9 Å². The minimum absolute atomic E-state index is 0.0191. The number of carbonyl (C=O) groups excluding carboxylic acids is 2. The zero-order valence-corrected chi connectivity index (χ0v) is 20.5. The molecule has 0 aliphatic heterocycles. The summed E-state index contributed by atoms with van der Waals surface area (Å²) in [5.41, 5.74) is 3.71. The first-order chi connectivity index (χ1) is 16.1. The van der Waals surface area contributed by atoms with E-state index in [0.717, 1.165) is 16.7 Å². The molecule has 1 atom stereocenters. The van der Waals surface area contributed by atoms with Gasteiger partial charge in [0, 0.05) is 24.3 Å². The van der Waals surface area contributed by atoms with Gasteiger partial charge in [-0.15, -0.1) is 0 Å². The fourth-order valence-electron chi connectivity index (χ4n) is 3.49. The van der Waals surface area contributed by atoms with Gasteiger partial charge in [0.2, 0.25) is 15.9 Å². The second-order valence-corrected chi connectivity index (χ2v) is 9.95. The Labute approximate surface area is 200 Å². The first-order valence-electron chi connectivity index (χ1n) is 10.9. The number of amides is 2. The highest BCUT2D eigenvalue weighted by Gasteiger charge is 2.21. The third-order valence-corrected chi connectivity index (χ3v) is 7.17. The van der Waals surface area contributed by atoms with Crippen LogP contribution in [0.5, 0.6) is 0 Å². The normalized spacial score (nSPS) is 12.1. The number of nitrogens with one attached hydrogen (secondary N) is 2. The molecule has 0 aliphatic carbocycles. The van der Waals surface area contributed by atoms with Gasteiger partial charge in [0.05, 0.1) is 11.4 Å². The van der Waals surface area contributed by atoms with Gasteiger partial charge in [0.1, 0.15) is 0 Å². The molecule has 3 aromatic carbocycles. The Morgan fingerprint density at radius 1 is 0.941 bits per heavy atom. The smallest absolute Gasteiger partial charge is 0.254 e. The van der Waals surface area contributed by atoms with Crippen LogP contribution in [0.15, 0.2) is 77.7 Å². The molecule has 0 radical (unpaired) electrons. The molecule has 34 heavy (non-hydrogen) atoms. The molecule has 0 fully saturated rings. The average molecular weight is 480 g/mol. The number of rotatable bonds is 8. The van der Waals surface area contributed by atoms with E-state index in [1.165, 1.54) is 36.2 Å². The molecular weight excluding hydrogens is 450 g/mol. The maximum absolute atomic E-state index is 12.9. The largest absolute Gasteiger partial charge is 0.332 e. The minimum atomic E-state index is -3.86. The highest BCUT2D eigenvalue weighted by molar-refractivity contribution is 7.89. The number of benzene rings is 3. The molecule has 0 aliphatic rings. The van der Waals surface area contributed by atoms with Gasteiger partial charge in [0.25, 0.3) is 5.91 Å². The Hall–Kier alpha value is -3.49. The predicted molar refractivity (Wildman–Crippen MR) is 133 cm³/mol. The molecule has 0 saturated heterocycles. The van der Waals surface area contributed by atoms with Crippen molar-refractivity contribution in [2.75, 3.05) is 18.9 Å². The zero-order valence-electron chi connectivity index (χ0n) is 19.7. The van der Waals surface area contributed by atoms with E-state index in [2.05, 4.69) is 10.0 Å². The van der Waals surface area contributed by atoms with Crippen molar-refractivity contribution < 1.29 is 18.0 Å².